The van der Waals surface area contributed by atoms with Crippen LogP contribution < -0.4 is 33.2 Å². The maximum absolute atomic E-state index is 10.5. The molecule has 7 aromatic carbocycles. The second-order valence-corrected chi connectivity index (χ2v) is 20.7. The molecule has 0 amide bonds. The molecule has 0 radical (unpaired) electrons. The molecule has 0 saturated heterocycles. The van der Waals surface area contributed by atoms with Gasteiger partial charge < -0.3 is 38.3 Å². The Morgan fingerprint density at radius 1 is 0.430 bits per heavy atom. The fourth-order valence-electron chi connectivity index (χ4n) is 8.92. The van der Waals surface area contributed by atoms with Crippen LogP contribution in [0.2, 0.25) is 0 Å². The predicted molar refractivity (Wildman–Crippen MR) is 321 cm³/mol. The highest BCUT2D eigenvalue weighted by molar-refractivity contribution is 7.13. The number of aromatic hydroxyl groups is 1. The molecule has 0 aliphatic carbocycles. The van der Waals surface area contributed by atoms with Gasteiger partial charge in [-0.3, -0.25) is 0 Å². The van der Waals surface area contributed by atoms with E-state index in [1.54, 1.807) is 23.6 Å². The molecule has 0 fully saturated rings. The van der Waals surface area contributed by atoms with E-state index in [9.17, 15) is 5.11 Å². The Morgan fingerprint density at radius 2 is 0.873 bits per heavy atom. The van der Waals surface area contributed by atoms with Crippen molar-refractivity contribution >= 4 is 22.7 Å². The summed E-state index contributed by atoms with van der Waals surface area (Å²) in [6, 6.07) is 46.2. The number of ether oxygens (including phenoxy) is 7. The number of phenolic OH excluding ortho intramolecular Hbond substituents is 1. The van der Waals surface area contributed by atoms with Crippen LogP contribution in [0.5, 0.6) is 57.5 Å². The van der Waals surface area contributed by atoms with E-state index < -0.39 is 0 Å². The summed E-state index contributed by atoms with van der Waals surface area (Å²) in [7, 11) is 0. The Morgan fingerprint density at radius 3 is 1.35 bits per heavy atom. The van der Waals surface area contributed by atoms with E-state index in [0.29, 0.717) is 45.2 Å². The van der Waals surface area contributed by atoms with Crippen LogP contribution in [0, 0.1) is 13.8 Å². The van der Waals surface area contributed by atoms with Crippen LogP contribution in [0.1, 0.15) is 92.3 Å². The van der Waals surface area contributed by atoms with Crippen molar-refractivity contribution in [1.29, 1.82) is 0 Å². The van der Waals surface area contributed by atoms with Crippen molar-refractivity contribution in [1.82, 2.24) is 9.97 Å². The minimum absolute atomic E-state index is 0.183. The van der Waals surface area contributed by atoms with Crippen molar-refractivity contribution < 1.29 is 38.3 Å². The van der Waals surface area contributed by atoms with E-state index in [1.165, 1.54) is 11.3 Å². The summed E-state index contributed by atoms with van der Waals surface area (Å²) >= 11 is 3.11. The first-order valence-corrected chi connectivity index (χ1v) is 29.2. The lowest BCUT2D eigenvalue weighted by Gasteiger charge is -2.18. The summed E-state index contributed by atoms with van der Waals surface area (Å²) in [5, 5.41) is 16.2. The van der Waals surface area contributed by atoms with E-state index in [0.717, 1.165) is 151 Å². The molecule has 0 saturated carbocycles. The number of hydrogen-bond acceptors (Lipinski definition) is 12. The zero-order valence-corrected chi connectivity index (χ0v) is 47.9. The average molecular weight is 1100 g/mol. The summed E-state index contributed by atoms with van der Waals surface area (Å²) in [4.78, 5) is 8.86. The first-order valence-electron chi connectivity index (χ1n) is 27.5. The van der Waals surface area contributed by atoms with Gasteiger partial charge in [0.1, 0.15) is 74.1 Å². The van der Waals surface area contributed by atoms with Gasteiger partial charge in [-0.1, -0.05) is 119 Å². The van der Waals surface area contributed by atoms with Gasteiger partial charge in [0.15, 0.2) is 0 Å². The van der Waals surface area contributed by atoms with E-state index in [4.69, 9.17) is 33.2 Å². The summed E-state index contributed by atoms with van der Waals surface area (Å²) in [5.41, 5.74) is 9.41. The maximum atomic E-state index is 10.5. The van der Waals surface area contributed by atoms with Crippen molar-refractivity contribution in [2.75, 3.05) is 26.4 Å². The molecule has 1 N–H and O–H groups in total. The Balaban J connectivity index is 0.000000211. The SMILES string of the molecule is CCCc1c(OCCCOc2cc(O)c(-c3nccs3)cc2CC)cccc1Oc1ccccc1C.CCCc1c(OCCCOc2cc(OCc3ccccc3)c(-c3nccs3)cc2CC)cccc1Oc1ccccc1C. The minimum atomic E-state index is 0.183. The lowest BCUT2D eigenvalue weighted by molar-refractivity contribution is 0.243. The van der Waals surface area contributed by atoms with Gasteiger partial charge in [0.05, 0.1) is 37.6 Å². The molecule has 410 valence electrons. The zero-order chi connectivity index (χ0) is 55.2. The molecule has 10 nitrogen and oxygen atoms in total. The molecule has 0 aliphatic rings. The predicted octanol–water partition coefficient (Wildman–Crippen LogP) is 17.8. The summed E-state index contributed by atoms with van der Waals surface area (Å²) in [6.07, 6.45) is 10.4. The van der Waals surface area contributed by atoms with Crippen molar-refractivity contribution in [3.05, 3.63) is 202 Å². The van der Waals surface area contributed by atoms with Crippen LogP contribution in [0.3, 0.4) is 0 Å². The average Bonchev–Trinajstić information content (AvgIpc) is 4.27. The molecule has 79 heavy (non-hydrogen) atoms. The third-order valence-corrected chi connectivity index (χ3v) is 14.7. The van der Waals surface area contributed by atoms with Gasteiger partial charge in [-0.2, -0.15) is 0 Å². The highest BCUT2D eigenvalue weighted by Gasteiger charge is 2.18. The quantitative estimate of drug-likeness (QED) is 0.0500. The molecule has 0 unspecified atom stereocenters. The Bertz CT molecular complexity index is 3290. The van der Waals surface area contributed by atoms with Gasteiger partial charge in [-0.05, 0) is 116 Å². The number of aromatic nitrogens is 2. The molecule has 2 heterocycles. The van der Waals surface area contributed by atoms with Crippen LogP contribution in [0.4, 0.5) is 0 Å². The molecule has 12 heteroatoms. The number of aryl methyl sites for hydroxylation is 4. The summed E-state index contributed by atoms with van der Waals surface area (Å²) < 4.78 is 43.7. The lowest BCUT2D eigenvalue weighted by atomic mass is 10.1. The monoisotopic (exact) mass is 1100 g/mol. The van der Waals surface area contributed by atoms with Gasteiger partial charge in [0.2, 0.25) is 0 Å². The second-order valence-electron chi connectivity index (χ2n) is 18.9. The van der Waals surface area contributed by atoms with E-state index >= 15 is 0 Å². The fraction of sp³-hybridized carbons (Fsp3) is 0.284. The van der Waals surface area contributed by atoms with Crippen LogP contribution in [-0.2, 0) is 32.3 Å². The number of hydrogen-bond donors (Lipinski definition) is 1. The molecule has 9 rings (SSSR count). The topological polar surface area (TPSA) is 111 Å². The third kappa shape index (κ3) is 15.9. The van der Waals surface area contributed by atoms with Crippen molar-refractivity contribution in [3.63, 3.8) is 0 Å². The molecule has 9 aromatic rings. The molecule has 0 atom stereocenters. The highest BCUT2D eigenvalue weighted by atomic mass is 32.1. The normalized spacial score (nSPS) is 10.9. The molecule has 2 aromatic heterocycles. The van der Waals surface area contributed by atoms with Crippen molar-refractivity contribution in [3.8, 4) is 78.6 Å². The standard InChI is InChI=1S/C37H39NO4S.C30H33NO4S/c1-4-13-30-33(18-11-19-34(30)42-32-17-10-9-14-27(32)3)39-21-12-22-40-35-25-36(41-26-28-15-7-6-8-16-28)31(24-29(35)5-2)37-38-20-23-43-37;1-4-10-23-27(13-8-14-28(23)35-26-12-7-6-11-21(26)3)33-16-9-17-34-29-20-25(32)24(19-22(29)5-2)30-31-15-18-36-30/h6-11,14-20,23-25H,4-5,12-13,21-22,26H2,1-3H3;6-8,11-15,18-20,32H,4-5,9-10,16-17H2,1-3H3. The van der Waals surface area contributed by atoms with Crippen LogP contribution in [-0.4, -0.2) is 41.5 Å². The van der Waals surface area contributed by atoms with Gasteiger partial charge >= 0.3 is 0 Å². The lowest BCUT2D eigenvalue weighted by Crippen LogP contribution is -2.08. The largest absolute Gasteiger partial charge is 0.507 e. The van der Waals surface area contributed by atoms with Gasteiger partial charge in [0, 0.05) is 59.3 Å². The van der Waals surface area contributed by atoms with Crippen molar-refractivity contribution in [2.45, 2.75) is 99.5 Å². The Hall–Kier alpha value is -7.80. The van der Waals surface area contributed by atoms with Crippen LogP contribution >= 0.6 is 22.7 Å². The molecular formula is C67H72N2O8S2. The smallest absolute Gasteiger partial charge is 0.134 e. The molecule has 0 bridgehead atoms. The zero-order valence-electron chi connectivity index (χ0n) is 46.3. The van der Waals surface area contributed by atoms with Crippen molar-refractivity contribution in [2.24, 2.45) is 0 Å². The maximum Gasteiger partial charge on any atom is 0.134 e. The second kappa shape index (κ2) is 29.8. The number of benzene rings is 7. The summed E-state index contributed by atoms with van der Waals surface area (Å²) in [5.74, 6) is 7.63. The Kier molecular flexibility index (Phi) is 21.6. The first-order chi connectivity index (χ1) is 38.8. The van der Waals surface area contributed by atoms with Crippen LogP contribution in [0.25, 0.3) is 21.1 Å². The van der Waals surface area contributed by atoms with Crippen LogP contribution in [0.15, 0.2) is 163 Å². The minimum Gasteiger partial charge on any atom is -0.507 e. The fourth-order valence-corrected chi connectivity index (χ4v) is 10.2. The van der Waals surface area contributed by atoms with E-state index in [2.05, 4.69) is 68.9 Å². The summed E-state index contributed by atoms with van der Waals surface area (Å²) in [6.45, 7) is 15.2. The van der Waals surface area contributed by atoms with Gasteiger partial charge in [-0.15, -0.1) is 22.7 Å². The number of rotatable bonds is 27. The molecule has 0 spiro atoms. The molecule has 0 aliphatic heterocycles. The first kappa shape index (κ1) is 57.4. The number of phenols is 1. The third-order valence-electron chi connectivity index (χ3n) is 13.1. The Labute approximate surface area is 474 Å². The van der Waals surface area contributed by atoms with Gasteiger partial charge in [0.25, 0.3) is 0 Å². The van der Waals surface area contributed by atoms with E-state index in [1.807, 2.05) is 133 Å². The molecular weight excluding hydrogens is 1020 g/mol. The number of thiazole rings is 2. The number of para-hydroxylation sites is 2. The van der Waals surface area contributed by atoms with E-state index in [-0.39, 0.29) is 5.75 Å². The highest BCUT2D eigenvalue weighted by Crippen LogP contribution is 2.40. The van der Waals surface area contributed by atoms with Gasteiger partial charge in [-0.25, -0.2) is 9.97 Å². The number of nitrogens with zero attached hydrogens (tertiary/aromatic N) is 2.